The van der Waals surface area contributed by atoms with Gasteiger partial charge >= 0.3 is 5.97 Å². The molecule has 0 fully saturated rings. The largest absolute Gasteiger partial charge is 0.494 e. The summed E-state index contributed by atoms with van der Waals surface area (Å²) >= 11 is 3.01. The quantitative estimate of drug-likeness (QED) is 0.112. The van der Waals surface area contributed by atoms with Crippen molar-refractivity contribution in [3.8, 4) is 16.3 Å². The Bertz CT molecular complexity index is 1700. The topological polar surface area (TPSA) is 123 Å². The van der Waals surface area contributed by atoms with Crippen molar-refractivity contribution in [2.75, 3.05) is 12.0 Å². The summed E-state index contributed by atoms with van der Waals surface area (Å²) in [5.74, 6) is -0.240. The lowest BCUT2D eigenvalue weighted by molar-refractivity contribution is 0.0690. The zero-order chi connectivity index (χ0) is 28.2. The first kappa shape index (κ1) is 29.7. The third-order valence-corrected chi connectivity index (χ3v) is 9.09. The van der Waals surface area contributed by atoms with Crippen LogP contribution < -0.4 is 15.9 Å². The number of nitrogens with zero attached hydrogens (tertiary/aromatic N) is 3. The summed E-state index contributed by atoms with van der Waals surface area (Å²) in [7, 11) is 0. The molecule has 0 amide bonds. The second-order valence-corrected chi connectivity index (χ2v) is 11.9. The van der Waals surface area contributed by atoms with Crippen LogP contribution in [0.1, 0.15) is 51.3 Å². The van der Waals surface area contributed by atoms with E-state index in [1.807, 2.05) is 48.5 Å². The molecule has 0 spiro atoms. The fraction of sp³-hybridized carbons (Fsp3) is 0.226. The maximum atomic E-state index is 12.0. The Kier molecular flexibility index (Phi) is 9.48. The van der Waals surface area contributed by atoms with E-state index in [9.17, 15) is 9.90 Å². The number of hydrogen-bond acceptors (Lipinski definition) is 9. The number of para-hydroxylation sites is 1. The number of hydrogen-bond donors (Lipinski definition) is 3. The van der Waals surface area contributed by atoms with Crippen LogP contribution in [0.4, 0.5) is 5.13 Å². The lowest BCUT2D eigenvalue weighted by atomic mass is 9.89. The van der Waals surface area contributed by atoms with Crippen LogP contribution >= 0.6 is 35.1 Å². The number of ether oxygens (including phenoxy) is 1. The van der Waals surface area contributed by atoms with Gasteiger partial charge in [-0.1, -0.05) is 47.7 Å². The molecule has 5 aromatic rings. The molecule has 0 saturated carbocycles. The Morgan fingerprint density at radius 1 is 1.05 bits per heavy atom. The molecule has 2 heterocycles. The van der Waals surface area contributed by atoms with Gasteiger partial charge in [-0.3, -0.25) is 5.43 Å². The Morgan fingerprint density at radius 2 is 1.88 bits per heavy atom. The van der Waals surface area contributed by atoms with Crippen LogP contribution in [-0.2, 0) is 19.4 Å². The molecule has 8 nitrogen and oxygen atoms in total. The van der Waals surface area contributed by atoms with Crippen molar-refractivity contribution in [1.29, 1.82) is 0 Å². The van der Waals surface area contributed by atoms with Gasteiger partial charge in [0.1, 0.15) is 10.8 Å². The number of carboxylic acids is 1. The third-order valence-electron chi connectivity index (χ3n) is 6.98. The zero-order valence-electron chi connectivity index (χ0n) is 22.7. The number of rotatable bonds is 10. The van der Waals surface area contributed by atoms with Crippen molar-refractivity contribution < 1.29 is 14.6 Å². The molecule has 3 aromatic carbocycles. The number of halogens is 1. The Balaban J connectivity index is 0.00000353. The van der Waals surface area contributed by atoms with Gasteiger partial charge in [-0.15, -0.1) is 23.7 Å². The van der Waals surface area contributed by atoms with Crippen LogP contribution in [-0.4, -0.2) is 33.4 Å². The molecular weight excluding hydrogens is 590 g/mol. The minimum atomic E-state index is -1.01. The summed E-state index contributed by atoms with van der Waals surface area (Å²) in [6.07, 6.45) is 4.11. The number of anilines is 1. The molecule has 6 rings (SSSR count). The predicted octanol–water partition coefficient (Wildman–Crippen LogP) is 7.16. The summed E-state index contributed by atoms with van der Waals surface area (Å²) in [5.41, 5.74) is 15.1. The van der Waals surface area contributed by atoms with Crippen LogP contribution in [0.3, 0.4) is 0 Å². The number of thiazole rings is 2. The number of aryl methyl sites for hydroxylation is 2. The van der Waals surface area contributed by atoms with Crippen molar-refractivity contribution in [2.45, 2.75) is 38.6 Å². The molecule has 0 aliphatic heterocycles. The van der Waals surface area contributed by atoms with E-state index in [4.69, 9.17) is 15.6 Å². The molecule has 0 bridgehead atoms. The molecule has 2 aromatic heterocycles. The first-order chi connectivity index (χ1) is 20.1. The molecule has 216 valence electrons. The van der Waals surface area contributed by atoms with E-state index in [0.717, 1.165) is 67.6 Å². The van der Waals surface area contributed by atoms with Crippen LogP contribution in [0, 0.1) is 0 Å². The number of fused-ring (bicyclic) bond motifs is 2. The van der Waals surface area contributed by atoms with Gasteiger partial charge in [-0.05, 0) is 73.6 Å². The number of nitrogens with one attached hydrogen (secondary N) is 1. The number of carboxylic acid groups (broad SMARTS) is 1. The fourth-order valence-electron chi connectivity index (χ4n) is 4.88. The number of nitrogens with two attached hydrogens (primary N) is 1. The Labute approximate surface area is 257 Å². The summed E-state index contributed by atoms with van der Waals surface area (Å²) < 4.78 is 6.95. The van der Waals surface area contributed by atoms with Gasteiger partial charge in [-0.25, -0.2) is 14.8 Å². The highest BCUT2D eigenvalue weighted by Gasteiger charge is 2.21. The summed E-state index contributed by atoms with van der Waals surface area (Å²) in [6, 6.07) is 22.0. The second-order valence-electron chi connectivity index (χ2n) is 9.78. The average molecular weight is 620 g/mol. The standard InChI is InChI=1S/C31H29N5O3S2.ClH/c32-18-19-10-14-22(15-11-19)39-16-4-9-27-28(30(37)38)34-29(40-27)21-13-12-20-5-3-7-24(23(20)17-21)35-36-31-33-25-6-1-2-8-26(25)41-31;/h1-2,6,8,10-15,17H,3-5,7,9,16,18,32H2,(H,33,36)(H,37,38);1H/b35-24-;. The highest BCUT2D eigenvalue weighted by molar-refractivity contribution is 7.22. The first-order valence-corrected chi connectivity index (χ1v) is 15.2. The van der Waals surface area contributed by atoms with Crippen LogP contribution in [0.5, 0.6) is 5.75 Å². The van der Waals surface area contributed by atoms with E-state index >= 15 is 0 Å². The van der Waals surface area contributed by atoms with Gasteiger partial charge in [-0.2, -0.15) is 5.10 Å². The van der Waals surface area contributed by atoms with E-state index in [1.54, 1.807) is 11.3 Å². The van der Waals surface area contributed by atoms with E-state index in [0.29, 0.717) is 31.0 Å². The lowest BCUT2D eigenvalue weighted by Crippen LogP contribution is -2.13. The van der Waals surface area contributed by atoms with Gasteiger partial charge < -0.3 is 15.6 Å². The number of aromatic carboxylic acids is 1. The van der Waals surface area contributed by atoms with Gasteiger partial charge in [0.2, 0.25) is 5.13 Å². The Morgan fingerprint density at radius 3 is 2.67 bits per heavy atom. The van der Waals surface area contributed by atoms with Crippen molar-refractivity contribution in [3.05, 3.63) is 94.0 Å². The molecule has 11 heteroatoms. The smallest absolute Gasteiger partial charge is 0.355 e. The molecule has 1 aliphatic rings. The van der Waals surface area contributed by atoms with Crippen molar-refractivity contribution in [2.24, 2.45) is 10.8 Å². The second kappa shape index (κ2) is 13.4. The molecule has 0 unspecified atom stereocenters. The molecule has 1 aliphatic carbocycles. The third kappa shape index (κ3) is 6.63. The SMILES string of the molecule is Cl.NCc1ccc(OCCCc2sc(-c3ccc4c(c3)/C(=N\Nc3nc5ccccc5s3)CCC4)nc2C(=O)O)cc1. The molecule has 0 atom stereocenters. The van der Waals surface area contributed by atoms with Gasteiger partial charge in [0.15, 0.2) is 5.69 Å². The number of hydrazone groups is 1. The average Bonchev–Trinajstić information content (AvgIpc) is 3.63. The van der Waals surface area contributed by atoms with Crippen LogP contribution in [0.2, 0.25) is 0 Å². The predicted molar refractivity (Wildman–Crippen MR) is 173 cm³/mol. The molecule has 42 heavy (non-hydrogen) atoms. The van der Waals surface area contributed by atoms with Gasteiger partial charge in [0.25, 0.3) is 0 Å². The molecule has 0 saturated heterocycles. The van der Waals surface area contributed by atoms with Gasteiger partial charge in [0.05, 0.1) is 22.5 Å². The van der Waals surface area contributed by atoms with E-state index in [1.165, 1.54) is 16.9 Å². The molecule has 4 N–H and O–H groups in total. The summed E-state index contributed by atoms with van der Waals surface area (Å²) in [6.45, 7) is 0.972. The van der Waals surface area contributed by atoms with Gasteiger partial charge in [0, 0.05) is 22.5 Å². The van der Waals surface area contributed by atoms with E-state index in [-0.39, 0.29) is 18.1 Å². The zero-order valence-corrected chi connectivity index (χ0v) is 25.2. The highest BCUT2D eigenvalue weighted by atomic mass is 35.5. The maximum Gasteiger partial charge on any atom is 0.355 e. The number of aromatic nitrogens is 2. The number of carbonyl (C=O) groups is 1. The fourth-order valence-corrected chi connectivity index (χ4v) is 6.78. The van der Waals surface area contributed by atoms with Crippen molar-refractivity contribution in [1.82, 2.24) is 9.97 Å². The first-order valence-electron chi connectivity index (χ1n) is 13.5. The minimum Gasteiger partial charge on any atom is -0.494 e. The Hall–Kier alpha value is -3.83. The maximum absolute atomic E-state index is 12.0. The number of benzene rings is 3. The lowest BCUT2D eigenvalue weighted by Gasteiger charge is -2.18. The summed E-state index contributed by atoms with van der Waals surface area (Å²) in [4.78, 5) is 21.9. The monoisotopic (exact) mass is 619 g/mol. The van der Waals surface area contributed by atoms with E-state index in [2.05, 4.69) is 33.6 Å². The van der Waals surface area contributed by atoms with Crippen molar-refractivity contribution >= 4 is 62.1 Å². The van der Waals surface area contributed by atoms with E-state index < -0.39 is 5.97 Å². The molecule has 0 radical (unpaired) electrons. The molecular formula is C31H30ClN5O3S2. The normalized spacial score (nSPS) is 13.5. The minimum absolute atomic E-state index is 0. The van der Waals surface area contributed by atoms with Crippen LogP contribution in [0.15, 0.2) is 71.8 Å². The highest BCUT2D eigenvalue weighted by Crippen LogP contribution is 2.33. The van der Waals surface area contributed by atoms with Crippen molar-refractivity contribution in [3.63, 3.8) is 0 Å². The van der Waals surface area contributed by atoms with Crippen LogP contribution in [0.25, 0.3) is 20.8 Å². The summed E-state index contributed by atoms with van der Waals surface area (Å²) in [5, 5.41) is 16.0.